The Bertz CT molecular complexity index is 642. The smallest absolute Gasteiger partial charge is 0.251 e. The maximum absolute atomic E-state index is 12.1. The number of carbonyl (C=O) groups excluding carboxylic acids is 1. The van der Waals surface area contributed by atoms with E-state index in [-0.39, 0.29) is 18.3 Å². The number of nitrogens with two attached hydrogens (primary N) is 1. The van der Waals surface area contributed by atoms with Gasteiger partial charge in [0.2, 0.25) is 0 Å². The molecule has 3 N–H and O–H groups in total. The monoisotopic (exact) mass is 348 g/mol. The molecule has 0 aliphatic carbocycles. The fraction of sp³-hybridized carbons (Fsp3) is 0.316. The zero-order valence-corrected chi connectivity index (χ0v) is 14.9. The number of rotatable bonds is 7. The highest BCUT2D eigenvalue weighted by Crippen LogP contribution is 2.14. The molecule has 0 saturated carbocycles. The quantitative estimate of drug-likeness (QED) is 0.804. The highest BCUT2D eigenvalue weighted by Gasteiger charge is 2.06. The third-order valence-electron chi connectivity index (χ3n) is 3.39. The number of ether oxygens (including phenoxy) is 1. The Morgan fingerprint density at radius 1 is 1.12 bits per heavy atom. The molecule has 4 nitrogen and oxygen atoms in total. The first-order valence-electron chi connectivity index (χ1n) is 7.87. The zero-order valence-electron chi connectivity index (χ0n) is 14.1. The summed E-state index contributed by atoms with van der Waals surface area (Å²) in [5.74, 6) is 1.22. The van der Waals surface area contributed by atoms with E-state index >= 15 is 0 Å². The van der Waals surface area contributed by atoms with Crippen LogP contribution >= 0.6 is 12.4 Å². The van der Waals surface area contributed by atoms with Gasteiger partial charge in [-0.2, -0.15) is 0 Å². The average molecular weight is 349 g/mol. The van der Waals surface area contributed by atoms with Crippen molar-refractivity contribution in [3.63, 3.8) is 0 Å². The minimum Gasteiger partial charge on any atom is -0.493 e. The lowest BCUT2D eigenvalue weighted by atomic mass is 10.1. The van der Waals surface area contributed by atoms with Crippen molar-refractivity contribution in [2.45, 2.75) is 26.9 Å². The van der Waals surface area contributed by atoms with Crippen LogP contribution in [0.5, 0.6) is 5.75 Å². The lowest BCUT2D eigenvalue weighted by Gasteiger charge is -2.10. The summed E-state index contributed by atoms with van der Waals surface area (Å²) in [5, 5.41) is 2.92. The fourth-order valence-corrected chi connectivity index (χ4v) is 2.08. The van der Waals surface area contributed by atoms with Gasteiger partial charge in [-0.05, 0) is 41.3 Å². The number of amides is 1. The van der Waals surface area contributed by atoms with E-state index in [1.165, 1.54) is 0 Å². The fourth-order valence-electron chi connectivity index (χ4n) is 2.08. The van der Waals surface area contributed by atoms with Gasteiger partial charge in [0.05, 0.1) is 6.61 Å². The molecular weight excluding hydrogens is 324 g/mol. The molecule has 5 heteroatoms. The molecule has 0 aromatic heterocycles. The molecule has 24 heavy (non-hydrogen) atoms. The summed E-state index contributed by atoms with van der Waals surface area (Å²) < 4.78 is 5.70. The molecule has 1 amide bonds. The summed E-state index contributed by atoms with van der Waals surface area (Å²) in [6.07, 6.45) is 0. The van der Waals surface area contributed by atoms with Gasteiger partial charge in [-0.1, -0.05) is 38.1 Å². The minimum absolute atomic E-state index is 0. The molecular formula is C19H25ClN2O2. The first-order valence-corrected chi connectivity index (χ1v) is 7.87. The van der Waals surface area contributed by atoms with Gasteiger partial charge in [-0.15, -0.1) is 12.4 Å². The van der Waals surface area contributed by atoms with Crippen molar-refractivity contribution in [2.24, 2.45) is 11.7 Å². The molecule has 130 valence electrons. The van der Waals surface area contributed by atoms with Crippen LogP contribution in [0.4, 0.5) is 0 Å². The number of carbonyl (C=O) groups is 1. The first kappa shape index (κ1) is 20.0. The van der Waals surface area contributed by atoms with Crippen LogP contribution in [-0.4, -0.2) is 12.5 Å². The summed E-state index contributed by atoms with van der Waals surface area (Å²) >= 11 is 0. The Hall–Kier alpha value is -2.04. The van der Waals surface area contributed by atoms with Crippen molar-refractivity contribution in [1.29, 1.82) is 0 Å². The predicted molar refractivity (Wildman–Crippen MR) is 99.5 cm³/mol. The molecule has 0 atom stereocenters. The molecule has 0 saturated heterocycles. The van der Waals surface area contributed by atoms with Crippen LogP contribution in [0, 0.1) is 5.92 Å². The molecule has 0 heterocycles. The largest absolute Gasteiger partial charge is 0.493 e. The van der Waals surface area contributed by atoms with Gasteiger partial charge < -0.3 is 15.8 Å². The topological polar surface area (TPSA) is 64.3 Å². The normalized spacial score (nSPS) is 10.2. The van der Waals surface area contributed by atoms with Gasteiger partial charge in [0, 0.05) is 18.7 Å². The Balaban J connectivity index is 0.00000288. The average Bonchev–Trinajstić information content (AvgIpc) is 2.58. The zero-order chi connectivity index (χ0) is 16.7. The second kappa shape index (κ2) is 9.96. The molecule has 0 fully saturated rings. The summed E-state index contributed by atoms with van der Waals surface area (Å²) in [4.78, 5) is 12.1. The van der Waals surface area contributed by atoms with Crippen LogP contribution < -0.4 is 15.8 Å². The molecule has 0 unspecified atom stereocenters. The SMILES string of the molecule is CC(C)COc1cccc(CNC(=O)c2ccc(CN)cc2)c1.Cl. The van der Waals surface area contributed by atoms with E-state index in [1.54, 1.807) is 12.1 Å². The van der Waals surface area contributed by atoms with Gasteiger partial charge in [0.15, 0.2) is 0 Å². The van der Waals surface area contributed by atoms with E-state index in [2.05, 4.69) is 19.2 Å². The third-order valence-corrected chi connectivity index (χ3v) is 3.39. The third kappa shape index (κ3) is 6.22. The molecule has 2 aromatic rings. The summed E-state index contributed by atoms with van der Waals surface area (Å²) in [5.41, 5.74) is 8.21. The Morgan fingerprint density at radius 2 is 1.83 bits per heavy atom. The van der Waals surface area contributed by atoms with E-state index in [0.717, 1.165) is 16.9 Å². The number of halogens is 1. The van der Waals surface area contributed by atoms with Crippen LogP contribution in [0.15, 0.2) is 48.5 Å². The summed E-state index contributed by atoms with van der Waals surface area (Å²) in [6.45, 7) is 5.85. The van der Waals surface area contributed by atoms with E-state index in [1.807, 2.05) is 36.4 Å². The van der Waals surface area contributed by atoms with Gasteiger partial charge in [-0.3, -0.25) is 4.79 Å². The standard InChI is InChI=1S/C19H24N2O2.ClH/c1-14(2)13-23-18-5-3-4-16(10-18)12-21-19(22)17-8-6-15(11-20)7-9-17;/h3-10,14H,11-13,20H2,1-2H3,(H,21,22);1H. The number of hydrogen-bond acceptors (Lipinski definition) is 3. The van der Waals surface area contributed by atoms with Crippen LogP contribution in [0.1, 0.15) is 35.3 Å². The number of benzene rings is 2. The Morgan fingerprint density at radius 3 is 2.46 bits per heavy atom. The molecule has 0 spiro atoms. The molecule has 0 bridgehead atoms. The molecule has 0 radical (unpaired) electrons. The molecule has 2 aromatic carbocycles. The van der Waals surface area contributed by atoms with Crippen molar-refractivity contribution in [1.82, 2.24) is 5.32 Å². The first-order chi connectivity index (χ1) is 11.1. The number of nitrogens with one attached hydrogen (secondary N) is 1. The maximum Gasteiger partial charge on any atom is 0.251 e. The lowest BCUT2D eigenvalue weighted by molar-refractivity contribution is 0.0951. The molecule has 0 aliphatic heterocycles. The maximum atomic E-state index is 12.1. The second-order valence-corrected chi connectivity index (χ2v) is 5.94. The van der Waals surface area contributed by atoms with E-state index in [4.69, 9.17) is 10.5 Å². The molecule has 0 aliphatic rings. The minimum atomic E-state index is -0.0953. The van der Waals surface area contributed by atoms with Crippen LogP contribution in [-0.2, 0) is 13.1 Å². The van der Waals surface area contributed by atoms with Crippen molar-refractivity contribution < 1.29 is 9.53 Å². The second-order valence-electron chi connectivity index (χ2n) is 5.94. The lowest BCUT2D eigenvalue weighted by Crippen LogP contribution is -2.22. The van der Waals surface area contributed by atoms with Crippen molar-refractivity contribution in [2.75, 3.05) is 6.61 Å². The van der Waals surface area contributed by atoms with Gasteiger partial charge in [0.1, 0.15) is 5.75 Å². The Labute approximate surface area is 149 Å². The van der Waals surface area contributed by atoms with E-state index in [9.17, 15) is 4.79 Å². The summed E-state index contributed by atoms with van der Waals surface area (Å²) in [6, 6.07) is 15.1. The van der Waals surface area contributed by atoms with Crippen molar-refractivity contribution in [3.8, 4) is 5.75 Å². The van der Waals surface area contributed by atoms with Crippen molar-refractivity contribution in [3.05, 3.63) is 65.2 Å². The predicted octanol–water partition coefficient (Wildman–Crippen LogP) is 3.53. The Kier molecular flexibility index (Phi) is 8.30. The van der Waals surface area contributed by atoms with E-state index < -0.39 is 0 Å². The van der Waals surface area contributed by atoms with Crippen LogP contribution in [0.25, 0.3) is 0 Å². The highest BCUT2D eigenvalue weighted by molar-refractivity contribution is 5.94. The van der Waals surface area contributed by atoms with Crippen molar-refractivity contribution >= 4 is 18.3 Å². The molecule has 2 rings (SSSR count). The summed E-state index contributed by atoms with van der Waals surface area (Å²) in [7, 11) is 0. The van der Waals surface area contributed by atoms with Gasteiger partial charge in [0.25, 0.3) is 5.91 Å². The van der Waals surface area contributed by atoms with Crippen LogP contribution in [0.2, 0.25) is 0 Å². The van der Waals surface area contributed by atoms with Crippen LogP contribution in [0.3, 0.4) is 0 Å². The van der Waals surface area contributed by atoms with Gasteiger partial charge >= 0.3 is 0 Å². The van der Waals surface area contributed by atoms with Gasteiger partial charge in [-0.25, -0.2) is 0 Å². The highest BCUT2D eigenvalue weighted by atomic mass is 35.5. The number of hydrogen-bond donors (Lipinski definition) is 2. The van der Waals surface area contributed by atoms with E-state index in [0.29, 0.717) is 31.2 Å².